The molecular weight excluding hydrogens is 266 g/mol. The van der Waals surface area contributed by atoms with Gasteiger partial charge in [0.2, 0.25) is 5.91 Å². The van der Waals surface area contributed by atoms with Crippen molar-refractivity contribution in [2.45, 2.75) is 39.7 Å². The molecule has 18 heavy (non-hydrogen) atoms. The van der Waals surface area contributed by atoms with Gasteiger partial charge < -0.3 is 11.1 Å². The lowest BCUT2D eigenvalue weighted by Crippen LogP contribution is -2.37. The van der Waals surface area contributed by atoms with Crippen LogP contribution in [0.1, 0.15) is 36.6 Å². The summed E-state index contributed by atoms with van der Waals surface area (Å²) in [6.07, 6.45) is 4.39. The average molecular weight is 285 g/mol. The van der Waals surface area contributed by atoms with Crippen molar-refractivity contribution in [3.8, 4) is 0 Å². The number of carbonyl (C=O) groups excluding carboxylic acids is 1. The summed E-state index contributed by atoms with van der Waals surface area (Å²) < 4.78 is 0. The lowest BCUT2D eigenvalue weighted by Gasteiger charge is -2.13. The molecule has 0 spiro atoms. The number of thiazole rings is 1. The average Bonchev–Trinajstić information content (AvgIpc) is 2.80. The summed E-state index contributed by atoms with van der Waals surface area (Å²) in [6.45, 7) is 4.54. The van der Waals surface area contributed by atoms with Crippen LogP contribution in [0.3, 0.4) is 0 Å². The fourth-order valence-corrected chi connectivity index (χ4v) is 2.60. The Bertz CT molecular complexity index is 417. The van der Waals surface area contributed by atoms with Gasteiger partial charge in [-0.15, -0.1) is 11.3 Å². The Morgan fingerprint density at radius 3 is 2.83 bits per heavy atom. The minimum Gasteiger partial charge on any atom is -0.393 e. The highest BCUT2D eigenvalue weighted by Crippen LogP contribution is 2.13. The normalized spacial score (nSPS) is 12.1. The number of aryl methyl sites for hydroxylation is 1. The number of rotatable bonds is 7. The maximum atomic E-state index is 11.9. The van der Waals surface area contributed by atoms with E-state index in [1.54, 1.807) is 11.3 Å². The second-order valence-electron chi connectivity index (χ2n) is 4.04. The van der Waals surface area contributed by atoms with Crippen LogP contribution < -0.4 is 11.1 Å². The highest BCUT2D eigenvalue weighted by molar-refractivity contribution is 7.80. The fourth-order valence-electron chi connectivity index (χ4n) is 1.57. The van der Waals surface area contributed by atoms with Crippen molar-refractivity contribution < 1.29 is 4.79 Å². The highest BCUT2D eigenvalue weighted by Gasteiger charge is 2.20. The van der Waals surface area contributed by atoms with Gasteiger partial charge in [0.1, 0.15) is 5.01 Å². The molecule has 0 saturated carbocycles. The monoisotopic (exact) mass is 285 g/mol. The van der Waals surface area contributed by atoms with Gasteiger partial charge in [0.25, 0.3) is 0 Å². The SMILES string of the molecule is CCCC(C(=O)NCc1ncc(CC)s1)C(N)=S. The molecule has 0 aliphatic rings. The number of nitrogens with zero attached hydrogens (tertiary/aromatic N) is 1. The zero-order valence-corrected chi connectivity index (χ0v) is 12.4. The summed E-state index contributed by atoms with van der Waals surface area (Å²) in [5, 5.41) is 3.76. The van der Waals surface area contributed by atoms with Crippen LogP contribution in [-0.2, 0) is 17.8 Å². The number of aromatic nitrogens is 1. The number of thiocarbonyl (C=S) groups is 1. The Kier molecular flexibility index (Phi) is 6.21. The first kappa shape index (κ1) is 15.0. The van der Waals surface area contributed by atoms with Crippen LogP contribution in [0.25, 0.3) is 0 Å². The van der Waals surface area contributed by atoms with Gasteiger partial charge in [0.15, 0.2) is 0 Å². The van der Waals surface area contributed by atoms with Gasteiger partial charge in [0, 0.05) is 11.1 Å². The minimum absolute atomic E-state index is 0.0994. The Hall–Kier alpha value is -1.01. The smallest absolute Gasteiger partial charge is 0.230 e. The van der Waals surface area contributed by atoms with Crippen molar-refractivity contribution in [1.29, 1.82) is 0 Å². The van der Waals surface area contributed by atoms with Crippen molar-refractivity contribution in [2.75, 3.05) is 0 Å². The Morgan fingerprint density at radius 2 is 2.33 bits per heavy atom. The van der Waals surface area contributed by atoms with Gasteiger partial charge in [-0.2, -0.15) is 0 Å². The number of nitrogens with two attached hydrogens (primary N) is 1. The predicted octanol–water partition coefficient (Wildman–Crippen LogP) is 2.02. The van der Waals surface area contributed by atoms with Gasteiger partial charge in [0.05, 0.1) is 17.5 Å². The van der Waals surface area contributed by atoms with Gasteiger partial charge in [-0.1, -0.05) is 32.5 Å². The maximum absolute atomic E-state index is 11.9. The van der Waals surface area contributed by atoms with Gasteiger partial charge >= 0.3 is 0 Å². The van der Waals surface area contributed by atoms with Crippen molar-refractivity contribution in [2.24, 2.45) is 11.7 Å². The largest absolute Gasteiger partial charge is 0.393 e. The zero-order valence-electron chi connectivity index (χ0n) is 10.7. The Balaban J connectivity index is 2.50. The van der Waals surface area contributed by atoms with Crippen LogP contribution >= 0.6 is 23.6 Å². The van der Waals surface area contributed by atoms with E-state index in [0.717, 1.165) is 17.8 Å². The molecule has 0 saturated heterocycles. The maximum Gasteiger partial charge on any atom is 0.230 e. The van der Waals surface area contributed by atoms with E-state index in [1.165, 1.54) is 4.88 Å². The summed E-state index contributed by atoms with van der Waals surface area (Å²) in [4.78, 5) is 17.7. The van der Waals surface area contributed by atoms with Crippen molar-refractivity contribution >= 4 is 34.5 Å². The van der Waals surface area contributed by atoms with Crippen molar-refractivity contribution in [3.63, 3.8) is 0 Å². The van der Waals surface area contributed by atoms with Crippen LogP contribution in [0.15, 0.2) is 6.20 Å². The molecule has 1 atom stereocenters. The molecule has 1 unspecified atom stereocenters. The standard InChI is InChI=1S/C12H19N3OS2/c1-3-5-9(11(13)17)12(16)15-7-10-14-6-8(4-2)18-10/h6,9H,3-5,7H2,1-2H3,(H2,13,17)(H,15,16). The van der Waals surface area contributed by atoms with E-state index in [-0.39, 0.29) is 16.8 Å². The third-order valence-electron chi connectivity index (χ3n) is 2.60. The summed E-state index contributed by atoms with van der Waals surface area (Å²) in [6, 6.07) is 0. The van der Waals surface area contributed by atoms with Crippen LogP contribution in [0.2, 0.25) is 0 Å². The van der Waals surface area contributed by atoms with Gasteiger partial charge in [-0.05, 0) is 12.8 Å². The Morgan fingerprint density at radius 1 is 1.61 bits per heavy atom. The highest BCUT2D eigenvalue weighted by atomic mass is 32.1. The van der Waals surface area contributed by atoms with E-state index in [4.69, 9.17) is 18.0 Å². The molecule has 100 valence electrons. The first-order chi connectivity index (χ1) is 8.58. The van der Waals surface area contributed by atoms with E-state index in [2.05, 4.69) is 17.2 Å². The lowest BCUT2D eigenvalue weighted by atomic mass is 10.0. The summed E-state index contributed by atoms with van der Waals surface area (Å²) in [7, 11) is 0. The van der Waals surface area contributed by atoms with Gasteiger partial charge in [-0.25, -0.2) is 4.98 Å². The third kappa shape index (κ3) is 4.34. The molecule has 4 nitrogen and oxygen atoms in total. The molecule has 0 aromatic carbocycles. The molecule has 0 radical (unpaired) electrons. The van der Waals surface area contributed by atoms with E-state index in [9.17, 15) is 4.79 Å². The molecule has 1 rings (SSSR count). The quantitative estimate of drug-likeness (QED) is 0.752. The number of hydrogen-bond donors (Lipinski definition) is 2. The zero-order chi connectivity index (χ0) is 13.5. The number of nitrogens with one attached hydrogen (secondary N) is 1. The second kappa shape index (κ2) is 7.43. The molecule has 1 amide bonds. The van der Waals surface area contributed by atoms with E-state index in [0.29, 0.717) is 13.0 Å². The summed E-state index contributed by atoms with van der Waals surface area (Å²) in [5.41, 5.74) is 5.58. The number of hydrogen-bond acceptors (Lipinski definition) is 4. The van der Waals surface area contributed by atoms with Crippen LogP contribution in [-0.4, -0.2) is 15.9 Å². The second-order valence-corrected chi connectivity index (χ2v) is 5.71. The minimum atomic E-state index is -0.365. The molecule has 1 aromatic rings. The molecule has 6 heteroatoms. The Labute approximate surface area is 117 Å². The van der Waals surface area contributed by atoms with Crippen LogP contribution in [0.5, 0.6) is 0 Å². The molecule has 0 aliphatic heterocycles. The van der Waals surface area contributed by atoms with E-state index < -0.39 is 0 Å². The van der Waals surface area contributed by atoms with Crippen molar-refractivity contribution in [3.05, 3.63) is 16.1 Å². The molecule has 3 N–H and O–H groups in total. The van der Waals surface area contributed by atoms with Crippen LogP contribution in [0.4, 0.5) is 0 Å². The topological polar surface area (TPSA) is 68.0 Å². The third-order valence-corrected chi connectivity index (χ3v) is 4.03. The first-order valence-corrected chi connectivity index (χ1v) is 7.31. The van der Waals surface area contributed by atoms with E-state index >= 15 is 0 Å². The number of amides is 1. The predicted molar refractivity (Wildman–Crippen MR) is 78.5 cm³/mol. The lowest BCUT2D eigenvalue weighted by molar-refractivity contribution is -0.123. The molecule has 0 bridgehead atoms. The first-order valence-electron chi connectivity index (χ1n) is 6.09. The number of carbonyl (C=O) groups is 1. The van der Waals surface area contributed by atoms with Crippen molar-refractivity contribution in [1.82, 2.24) is 10.3 Å². The summed E-state index contributed by atoms with van der Waals surface area (Å²) in [5.74, 6) is -0.465. The molecule has 1 aromatic heterocycles. The molecule has 0 fully saturated rings. The van der Waals surface area contributed by atoms with Crippen LogP contribution in [0, 0.1) is 5.92 Å². The summed E-state index contributed by atoms with van der Waals surface area (Å²) >= 11 is 6.53. The molecular formula is C12H19N3OS2. The fraction of sp³-hybridized carbons (Fsp3) is 0.583. The molecule has 1 heterocycles. The van der Waals surface area contributed by atoms with E-state index in [1.807, 2.05) is 13.1 Å². The van der Waals surface area contributed by atoms with Gasteiger partial charge in [-0.3, -0.25) is 4.79 Å². The molecule has 0 aliphatic carbocycles.